The topological polar surface area (TPSA) is 60.9 Å². The van der Waals surface area contributed by atoms with E-state index >= 15 is 0 Å². The summed E-state index contributed by atoms with van der Waals surface area (Å²) in [6.07, 6.45) is 1.68. The minimum absolute atomic E-state index is 0.243. The van der Waals surface area contributed by atoms with Gasteiger partial charge in [0.25, 0.3) is 0 Å². The van der Waals surface area contributed by atoms with E-state index in [4.69, 9.17) is 0 Å². The molecule has 6 heteroatoms. The van der Waals surface area contributed by atoms with E-state index in [0.717, 1.165) is 5.56 Å². The third-order valence-electron chi connectivity index (χ3n) is 4.04. The van der Waals surface area contributed by atoms with Crippen molar-refractivity contribution in [1.29, 1.82) is 0 Å². The molecule has 0 aliphatic rings. The molecular weight excluding hydrogens is 349 g/mol. The van der Waals surface area contributed by atoms with Gasteiger partial charge >= 0.3 is 0 Å². The van der Waals surface area contributed by atoms with Gasteiger partial charge in [-0.2, -0.15) is 0 Å². The normalized spacial score (nSPS) is 14.4. The third-order valence-corrected chi connectivity index (χ3v) is 5.72. The van der Waals surface area contributed by atoms with Crippen molar-refractivity contribution in [2.75, 3.05) is 0 Å². The molecule has 2 atom stereocenters. The van der Waals surface area contributed by atoms with E-state index in [0.29, 0.717) is 22.3 Å². The van der Waals surface area contributed by atoms with Crippen molar-refractivity contribution in [1.82, 2.24) is 14.7 Å². The standard InChI is InChI=1S/C20H22FN3OS/c1-13(24-26(25)20(2,3)4)15-12-14-8-7-9-16(21)18(14)23-19(15)17-10-5-6-11-22-17/h5-13,24H,1-4H3/t13-,26?/m0/s1. The summed E-state index contributed by atoms with van der Waals surface area (Å²) in [4.78, 5) is 8.93. The molecule has 0 amide bonds. The van der Waals surface area contributed by atoms with Crippen LogP contribution >= 0.6 is 0 Å². The predicted octanol–water partition coefficient (Wildman–Crippen LogP) is 4.55. The highest BCUT2D eigenvalue weighted by Crippen LogP contribution is 2.31. The van der Waals surface area contributed by atoms with Crippen LogP contribution in [0, 0.1) is 5.82 Å². The highest BCUT2D eigenvalue weighted by molar-refractivity contribution is 7.90. The number of aromatic nitrogens is 2. The molecule has 0 bridgehead atoms. The van der Waals surface area contributed by atoms with Gasteiger partial charge in [-0.05, 0) is 52.0 Å². The van der Waals surface area contributed by atoms with E-state index in [2.05, 4.69) is 14.7 Å². The zero-order chi connectivity index (χ0) is 18.9. The molecule has 0 aliphatic heterocycles. The molecule has 2 aromatic heterocycles. The molecular formula is C20H22FN3OS. The zero-order valence-electron chi connectivity index (χ0n) is 15.3. The third kappa shape index (κ3) is 3.87. The van der Waals surface area contributed by atoms with Gasteiger partial charge in [0.2, 0.25) is 0 Å². The van der Waals surface area contributed by atoms with Crippen LogP contribution in [0.2, 0.25) is 0 Å². The Morgan fingerprint density at radius 3 is 2.58 bits per heavy atom. The maximum atomic E-state index is 14.2. The molecule has 1 aromatic carbocycles. The van der Waals surface area contributed by atoms with Crippen LogP contribution in [0.1, 0.15) is 39.3 Å². The van der Waals surface area contributed by atoms with Crippen LogP contribution in [-0.2, 0) is 11.4 Å². The van der Waals surface area contributed by atoms with Gasteiger partial charge in [-0.15, -0.1) is 4.72 Å². The maximum absolute atomic E-state index is 14.2. The van der Waals surface area contributed by atoms with Crippen LogP contribution in [0.4, 0.5) is 4.39 Å². The Morgan fingerprint density at radius 2 is 1.92 bits per heavy atom. The molecule has 1 unspecified atom stereocenters. The van der Waals surface area contributed by atoms with Crippen LogP contribution in [0.3, 0.4) is 0 Å². The molecule has 1 N–H and O–H groups in total. The van der Waals surface area contributed by atoms with E-state index in [9.17, 15) is 8.94 Å². The van der Waals surface area contributed by atoms with E-state index < -0.39 is 16.1 Å². The summed E-state index contributed by atoms with van der Waals surface area (Å²) >= 11 is -1.24. The van der Waals surface area contributed by atoms with Crippen molar-refractivity contribution in [2.45, 2.75) is 38.5 Å². The Labute approximate surface area is 156 Å². The number of hydrogen-bond donors (Lipinski definition) is 1. The van der Waals surface area contributed by atoms with Gasteiger partial charge < -0.3 is 4.55 Å². The van der Waals surface area contributed by atoms with Gasteiger partial charge in [0.05, 0.1) is 17.4 Å². The van der Waals surface area contributed by atoms with Crippen molar-refractivity contribution >= 4 is 22.3 Å². The fourth-order valence-electron chi connectivity index (χ4n) is 2.62. The average Bonchev–Trinajstić information content (AvgIpc) is 2.61. The van der Waals surface area contributed by atoms with Crippen molar-refractivity contribution < 1.29 is 8.94 Å². The molecule has 3 rings (SSSR count). The Balaban J connectivity index is 2.13. The molecule has 136 valence electrons. The van der Waals surface area contributed by atoms with Crippen LogP contribution in [0.5, 0.6) is 0 Å². The van der Waals surface area contributed by atoms with Crippen LogP contribution in [0.25, 0.3) is 22.3 Å². The number of benzene rings is 1. The lowest BCUT2D eigenvalue weighted by atomic mass is 10.0. The van der Waals surface area contributed by atoms with Crippen molar-refractivity contribution in [2.24, 2.45) is 0 Å². The van der Waals surface area contributed by atoms with Gasteiger partial charge in [0.15, 0.2) is 0 Å². The molecule has 0 aliphatic carbocycles. The Morgan fingerprint density at radius 1 is 1.15 bits per heavy atom. The van der Waals surface area contributed by atoms with E-state index in [1.807, 2.05) is 58.0 Å². The number of rotatable bonds is 4. The first-order valence-corrected chi connectivity index (χ1v) is 9.61. The predicted molar refractivity (Wildman–Crippen MR) is 104 cm³/mol. The van der Waals surface area contributed by atoms with E-state index in [-0.39, 0.29) is 11.9 Å². The van der Waals surface area contributed by atoms with Crippen molar-refractivity contribution in [3.63, 3.8) is 0 Å². The molecule has 0 fully saturated rings. The summed E-state index contributed by atoms with van der Waals surface area (Å²) < 4.78 is 29.5. The summed E-state index contributed by atoms with van der Waals surface area (Å²) in [5, 5.41) is 0.704. The Kier molecular flexibility index (Phi) is 5.27. The van der Waals surface area contributed by atoms with Gasteiger partial charge in [-0.1, -0.05) is 18.2 Å². The van der Waals surface area contributed by atoms with E-state index in [1.165, 1.54) is 6.07 Å². The lowest BCUT2D eigenvalue weighted by Crippen LogP contribution is -2.40. The minimum Gasteiger partial charge on any atom is -0.598 e. The second kappa shape index (κ2) is 7.31. The SMILES string of the molecule is C[C@H](N[S+]([O-])C(C)(C)C)c1cc2cccc(F)c2nc1-c1ccccn1. The first-order valence-electron chi connectivity index (χ1n) is 8.46. The molecule has 3 aromatic rings. The zero-order valence-corrected chi connectivity index (χ0v) is 16.1. The Hall–Kier alpha value is -2.02. The smallest absolute Gasteiger partial charge is 0.149 e. The number of nitrogens with zero attached hydrogens (tertiary/aromatic N) is 2. The lowest BCUT2D eigenvalue weighted by molar-refractivity contribution is 0.531. The fourth-order valence-corrected chi connectivity index (χ4v) is 3.42. The quantitative estimate of drug-likeness (QED) is 0.684. The summed E-state index contributed by atoms with van der Waals surface area (Å²) in [5.41, 5.74) is 2.39. The number of fused-ring (bicyclic) bond motifs is 1. The molecule has 0 spiro atoms. The number of pyridine rings is 2. The largest absolute Gasteiger partial charge is 0.598 e. The van der Waals surface area contributed by atoms with Crippen LogP contribution in [0.15, 0.2) is 48.7 Å². The van der Waals surface area contributed by atoms with Crippen molar-refractivity contribution in [3.05, 3.63) is 60.0 Å². The second-order valence-electron chi connectivity index (χ2n) is 7.17. The van der Waals surface area contributed by atoms with Crippen LogP contribution in [-0.4, -0.2) is 19.3 Å². The molecule has 0 radical (unpaired) electrons. The van der Waals surface area contributed by atoms with Crippen molar-refractivity contribution in [3.8, 4) is 11.4 Å². The lowest BCUT2D eigenvalue weighted by Gasteiger charge is -2.27. The highest BCUT2D eigenvalue weighted by Gasteiger charge is 2.29. The van der Waals surface area contributed by atoms with Gasteiger partial charge in [0.1, 0.15) is 16.1 Å². The Bertz CT molecular complexity index is 912. The molecule has 26 heavy (non-hydrogen) atoms. The summed E-state index contributed by atoms with van der Waals surface area (Å²) in [5.74, 6) is -0.370. The number of hydrogen-bond acceptors (Lipinski definition) is 4. The first kappa shape index (κ1) is 18.8. The minimum atomic E-state index is -1.24. The van der Waals surface area contributed by atoms with E-state index in [1.54, 1.807) is 12.3 Å². The highest BCUT2D eigenvalue weighted by atomic mass is 32.2. The molecule has 2 heterocycles. The summed E-state index contributed by atoms with van der Waals surface area (Å²) in [6.45, 7) is 7.67. The van der Waals surface area contributed by atoms with Crippen LogP contribution < -0.4 is 4.72 Å². The second-order valence-corrected chi connectivity index (χ2v) is 9.17. The summed E-state index contributed by atoms with van der Waals surface area (Å²) in [7, 11) is 0. The number of para-hydroxylation sites is 1. The summed E-state index contributed by atoms with van der Waals surface area (Å²) in [6, 6.07) is 12.1. The maximum Gasteiger partial charge on any atom is 0.149 e. The number of nitrogens with one attached hydrogen (secondary N) is 1. The van der Waals surface area contributed by atoms with Gasteiger partial charge in [0, 0.05) is 28.5 Å². The number of halogens is 1. The average molecular weight is 371 g/mol. The first-order chi connectivity index (χ1) is 12.3. The monoisotopic (exact) mass is 371 g/mol. The fraction of sp³-hybridized carbons (Fsp3) is 0.300. The molecule has 0 saturated carbocycles. The molecule has 0 saturated heterocycles. The van der Waals surface area contributed by atoms with Gasteiger partial charge in [-0.25, -0.2) is 9.37 Å². The molecule has 4 nitrogen and oxygen atoms in total. The van der Waals surface area contributed by atoms with Gasteiger partial charge in [-0.3, -0.25) is 4.98 Å².